The molecule has 0 bridgehead atoms. The summed E-state index contributed by atoms with van der Waals surface area (Å²) in [5.74, 6) is -0.944. The highest BCUT2D eigenvalue weighted by Crippen LogP contribution is 2.13. The Morgan fingerprint density at radius 3 is 2.26 bits per heavy atom. The third-order valence-corrected chi connectivity index (χ3v) is 2.11. The molecule has 1 aromatic carbocycles. The van der Waals surface area contributed by atoms with Crippen LogP contribution in [0.1, 0.15) is 5.56 Å². The first-order chi connectivity index (χ1) is 8.40. The normalized spacial score (nSPS) is 11.0. The maximum absolute atomic E-state index is 11.2. The number of nitrogens with two attached hydrogens (primary N) is 2. The van der Waals surface area contributed by atoms with E-state index in [0.29, 0.717) is 5.56 Å². The van der Waals surface area contributed by atoms with Crippen molar-refractivity contribution in [3.8, 4) is 0 Å². The van der Waals surface area contributed by atoms with E-state index in [9.17, 15) is 19.7 Å². The van der Waals surface area contributed by atoms with Gasteiger partial charge in [0.25, 0.3) is 5.69 Å². The number of carbonyl (C=O) groups is 2. The van der Waals surface area contributed by atoms with E-state index in [1.165, 1.54) is 24.3 Å². The minimum atomic E-state index is -1.22. The molecule has 9 heteroatoms. The first-order valence-corrected chi connectivity index (χ1v) is 4.90. The molecule has 0 aromatic heterocycles. The molecule has 1 amide bonds. The lowest BCUT2D eigenvalue weighted by Crippen LogP contribution is -2.36. The summed E-state index contributed by atoms with van der Waals surface area (Å²) >= 11 is 0. The maximum atomic E-state index is 11.2. The smallest absolute Gasteiger partial charge is 0.375 e. The van der Waals surface area contributed by atoms with Crippen molar-refractivity contribution in [2.75, 3.05) is 0 Å². The van der Waals surface area contributed by atoms with E-state index < -0.39 is 23.0 Å². The number of nitro benzene ring substituents is 1. The summed E-state index contributed by atoms with van der Waals surface area (Å²) in [6, 6.07) is 4.47. The average molecular weight is 290 g/mol. The summed E-state index contributed by atoms with van der Waals surface area (Å²) in [4.78, 5) is 31.4. The van der Waals surface area contributed by atoms with E-state index in [2.05, 4.69) is 10.5 Å². The highest BCUT2D eigenvalue weighted by molar-refractivity contribution is 5.87. The van der Waals surface area contributed by atoms with E-state index in [1.807, 2.05) is 0 Å². The fourth-order valence-electron chi connectivity index (χ4n) is 1.27. The minimum absolute atomic E-state index is 0. The summed E-state index contributed by atoms with van der Waals surface area (Å²) in [5.41, 5.74) is 10.7. The van der Waals surface area contributed by atoms with Crippen molar-refractivity contribution in [2.24, 2.45) is 11.5 Å². The van der Waals surface area contributed by atoms with Crippen molar-refractivity contribution < 1.29 is 19.2 Å². The van der Waals surface area contributed by atoms with Crippen LogP contribution in [-0.2, 0) is 16.0 Å². The number of benzene rings is 1. The van der Waals surface area contributed by atoms with Crippen LogP contribution >= 0.6 is 12.4 Å². The third-order valence-electron chi connectivity index (χ3n) is 2.11. The second-order valence-electron chi connectivity index (χ2n) is 3.47. The minimum Gasteiger partial charge on any atom is -0.375 e. The van der Waals surface area contributed by atoms with Gasteiger partial charge in [0.05, 0.1) is 4.92 Å². The Kier molecular flexibility index (Phi) is 6.45. The summed E-state index contributed by atoms with van der Waals surface area (Å²) in [6.07, 6.45) is -1.14. The fraction of sp³-hybridized carbons (Fsp3) is 0.200. The molecule has 1 aromatic rings. The van der Waals surface area contributed by atoms with Crippen molar-refractivity contribution in [3.05, 3.63) is 39.9 Å². The number of non-ortho nitro benzene ring substituents is 1. The van der Waals surface area contributed by atoms with Gasteiger partial charge in [0, 0.05) is 12.1 Å². The van der Waals surface area contributed by atoms with Gasteiger partial charge in [-0.3, -0.25) is 10.1 Å². The molecule has 0 aliphatic rings. The van der Waals surface area contributed by atoms with E-state index >= 15 is 0 Å². The van der Waals surface area contributed by atoms with Crippen LogP contribution in [0.2, 0.25) is 0 Å². The standard InChI is InChI=1S/C10H11N3O5.ClH/c11-8(9(14)18-10(12)15)5-6-1-3-7(4-2-6)13(16)17;/h1-4,8H,5,11H2,(H2,12,15);1H/t8-;/m0./s1. The number of halogens is 1. The second-order valence-corrected chi connectivity index (χ2v) is 3.47. The van der Waals surface area contributed by atoms with Crippen LogP contribution in [0.25, 0.3) is 0 Å². The van der Waals surface area contributed by atoms with Gasteiger partial charge in [-0.1, -0.05) is 12.1 Å². The van der Waals surface area contributed by atoms with Gasteiger partial charge in [-0.05, 0) is 12.0 Å². The lowest BCUT2D eigenvalue weighted by molar-refractivity contribution is -0.384. The van der Waals surface area contributed by atoms with Gasteiger partial charge in [-0.15, -0.1) is 12.4 Å². The third kappa shape index (κ3) is 5.32. The number of rotatable bonds is 4. The van der Waals surface area contributed by atoms with Crippen molar-refractivity contribution in [1.29, 1.82) is 0 Å². The molecule has 0 radical (unpaired) electrons. The Bertz CT molecular complexity index is 477. The lowest BCUT2D eigenvalue weighted by atomic mass is 10.1. The van der Waals surface area contributed by atoms with Crippen molar-refractivity contribution >= 4 is 30.2 Å². The number of nitro groups is 1. The topological polar surface area (TPSA) is 139 Å². The van der Waals surface area contributed by atoms with Crippen LogP contribution in [-0.4, -0.2) is 23.0 Å². The summed E-state index contributed by atoms with van der Waals surface area (Å²) in [5, 5.41) is 10.4. The highest BCUT2D eigenvalue weighted by atomic mass is 35.5. The fourth-order valence-corrected chi connectivity index (χ4v) is 1.27. The molecule has 0 fully saturated rings. The zero-order valence-electron chi connectivity index (χ0n) is 9.65. The Morgan fingerprint density at radius 1 is 1.32 bits per heavy atom. The summed E-state index contributed by atoms with van der Waals surface area (Å²) in [6.45, 7) is 0. The SMILES string of the molecule is Cl.NC(=O)OC(=O)[C@@H](N)Cc1ccc([N+](=O)[O-])cc1. The highest BCUT2D eigenvalue weighted by Gasteiger charge is 2.18. The number of esters is 1. The molecule has 1 atom stereocenters. The molecule has 0 unspecified atom stereocenters. The van der Waals surface area contributed by atoms with Gasteiger partial charge in [-0.25, -0.2) is 9.59 Å². The van der Waals surface area contributed by atoms with E-state index in [4.69, 9.17) is 5.73 Å². The van der Waals surface area contributed by atoms with E-state index in [1.54, 1.807) is 0 Å². The van der Waals surface area contributed by atoms with E-state index in [-0.39, 0.29) is 24.5 Å². The average Bonchev–Trinajstić information content (AvgIpc) is 2.28. The van der Waals surface area contributed by atoms with Crippen LogP contribution in [0.3, 0.4) is 0 Å². The van der Waals surface area contributed by atoms with Gasteiger partial charge in [0.15, 0.2) is 0 Å². The van der Waals surface area contributed by atoms with Crippen LogP contribution < -0.4 is 11.5 Å². The zero-order chi connectivity index (χ0) is 13.7. The van der Waals surface area contributed by atoms with Gasteiger partial charge in [0.2, 0.25) is 0 Å². The predicted octanol–water partition coefficient (Wildman–Crippen LogP) is 0.508. The van der Waals surface area contributed by atoms with Crippen molar-refractivity contribution in [3.63, 3.8) is 0 Å². The number of nitrogens with zero attached hydrogens (tertiary/aromatic N) is 1. The monoisotopic (exact) mass is 289 g/mol. The molecule has 0 aliphatic heterocycles. The second kappa shape index (κ2) is 7.29. The molecule has 0 aliphatic carbocycles. The number of hydrogen-bond acceptors (Lipinski definition) is 6. The van der Waals surface area contributed by atoms with Crippen LogP contribution in [0.5, 0.6) is 0 Å². The van der Waals surface area contributed by atoms with Gasteiger partial charge in [-0.2, -0.15) is 0 Å². The number of amides is 1. The molecule has 1 rings (SSSR count). The molecule has 19 heavy (non-hydrogen) atoms. The number of primary amides is 1. The summed E-state index contributed by atoms with van der Waals surface area (Å²) < 4.78 is 4.11. The van der Waals surface area contributed by atoms with Crippen LogP contribution in [0, 0.1) is 10.1 Å². The zero-order valence-corrected chi connectivity index (χ0v) is 10.5. The molecular formula is C10H12ClN3O5. The van der Waals surface area contributed by atoms with Crippen LogP contribution in [0.15, 0.2) is 24.3 Å². The first kappa shape index (κ1) is 16.8. The Morgan fingerprint density at radius 2 is 1.84 bits per heavy atom. The van der Waals surface area contributed by atoms with Crippen molar-refractivity contribution in [1.82, 2.24) is 0 Å². The number of hydrogen-bond donors (Lipinski definition) is 2. The number of ether oxygens (including phenoxy) is 1. The molecule has 0 heterocycles. The molecule has 8 nitrogen and oxygen atoms in total. The lowest BCUT2D eigenvalue weighted by Gasteiger charge is -2.08. The maximum Gasteiger partial charge on any atom is 0.412 e. The molecule has 104 valence electrons. The molecule has 0 saturated carbocycles. The molecular weight excluding hydrogens is 278 g/mol. The quantitative estimate of drug-likeness (QED) is 0.358. The Balaban J connectivity index is 0.00000324. The van der Waals surface area contributed by atoms with Crippen molar-refractivity contribution in [2.45, 2.75) is 12.5 Å². The van der Waals surface area contributed by atoms with Gasteiger partial charge < -0.3 is 16.2 Å². The molecule has 0 spiro atoms. The number of carbonyl (C=O) groups excluding carboxylic acids is 2. The Labute approximate surface area is 114 Å². The van der Waals surface area contributed by atoms with E-state index in [0.717, 1.165) is 0 Å². The van der Waals surface area contributed by atoms with Gasteiger partial charge in [0.1, 0.15) is 6.04 Å². The Hall–Kier alpha value is -2.19. The molecule has 0 saturated heterocycles. The summed E-state index contributed by atoms with van der Waals surface area (Å²) in [7, 11) is 0. The predicted molar refractivity (Wildman–Crippen MR) is 67.7 cm³/mol. The van der Waals surface area contributed by atoms with Crippen LogP contribution in [0.4, 0.5) is 10.5 Å². The van der Waals surface area contributed by atoms with Gasteiger partial charge >= 0.3 is 12.1 Å². The molecule has 4 N–H and O–H groups in total. The largest absolute Gasteiger partial charge is 0.412 e. The first-order valence-electron chi connectivity index (χ1n) is 4.90.